The van der Waals surface area contributed by atoms with Gasteiger partial charge in [0.1, 0.15) is 12.6 Å². The number of hydrogen-bond donors (Lipinski definition) is 0. The Bertz CT molecular complexity index is 183. The fraction of sp³-hybridized carbons (Fsp3) is 0.636. The van der Waals surface area contributed by atoms with Gasteiger partial charge in [-0.3, -0.25) is 4.79 Å². The van der Waals surface area contributed by atoms with Crippen LogP contribution in [0.2, 0.25) is 0 Å². The van der Waals surface area contributed by atoms with Crippen LogP contribution in [-0.2, 0) is 9.59 Å². The van der Waals surface area contributed by atoms with Crippen LogP contribution in [0, 0.1) is 5.92 Å². The summed E-state index contributed by atoms with van der Waals surface area (Å²) in [5, 5.41) is 0. The van der Waals surface area contributed by atoms with Crippen LogP contribution >= 0.6 is 0 Å². The van der Waals surface area contributed by atoms with E-state index in [-0.39, 0.29) is 0 Å². The highest BCUT2D eigenvalue weighted by molar-refractivity contribution is 5.72. The quantitative estimate of drug-likeness (QED) is 0.344. The Morgan fingerprint density at radius 3 is 2.54 bits per heavy atom. The molecule has 0 rings (SSSR count). The van der Waals surface area contributed by atoms with E-state index in [1.54, 1.807) is 0 Å². The zero-order valence-corrected chi connectivity index (χ0v) is 8.45. The van der Waals surface area contributed by atoms with Crippen LogP contribution in [0.4, 0.5) is 0 Å². The molecule has 2 nitrogen and oxygen atoms in total. The number of aldehydes is 2. The molecule has 13 heavy (non-hydrogen) atoms. The minimum atomic E-state index is 0.442. The molecular formula is C11H18O2. The van der Waals surface area contributed by atoms with Gasteiger partial charge in [-0.05, 0) is 31.3 Å². The number of carbonyl (C=O) groups is 2. The number of unbranched alkanes of at least 4 members (excludes halogenated alkanes) is 2. The van der Waals surface area contributed by atoms with Gasteiger partial charge >= 0.3 is 0 Å². The van der Waals surface area contributed by atoms with Gasteiger partial charge in [0.25, 0.3) is 0 Å². The molecule has 0 amide bonds. The Morgan fingerprint density at radius 1 is 1.31 bits per heavy atom. The van der Waals surface area contributed by atoms with Crippen molar-refractivity contribution in [1.29, 1.82) is 0 Å². The average Bonchev–Trinajstić information content (AvgIpc) is 2.12. The van der Waals surface area contributed by atoms with Gasteiger partial charge in [0.05, 0.1) is 0 Å². The van der Waals surface area contributed by atoms with Crippen LogP contribution in [0.5, 0.6) is 0 Å². The predicted octanol–water partition coefficient (Wildman–Crippen LogP) is 2.53. The highest BCUT2D eigenvalue weighted by Gasteiger charge is 1.98. The predicted molar refractivity (Wildman–Crippen MR) is 53.5 cm³/mol. The van der Waals surface area contributed by atoms with Gasteiger partial charge in [-0.15, -0.1) is 0 Å². The standard InChI is InChI=1S/C11H18O2/c1-10(8-11(2)9-13)6-4-3-5-7-12/h7-10H,3-6H2,1-2H3/b11-8+/t10-/m1/s1. The molecule has 0 aromatic rings. The smallest absolute Gasteiger partial charge is 0.145 e. The summed E-state index contributed by atoms with van der Waals surface area (Å²) >= 11 is 0. The first-order chi connectivity index (χ1) is 6.20. The number of carbonyl (C=O) groups excluding carboxylic acids is 2. The van der Waals surface area contributed by atoms with Gasteiger partial charge < -0.3 is 4.79 Å². The molecule has 0 heterocycles. The lowest BCUT2D eigenvalue weighted by molar-refractivity contribution is -0.108. The van der Waals surface area contributed by atoms with Crippen LogP contribution in [-0.4, -0.2) is 12.6 Å². The second-order valence-electron chi connectivity index (χ2n) is 3.46. The van der Waals surface area contributed by atoms with Crippen molar-refractivity contribution in [2.24, 2.45) is 5.92 Å². The average molecular weight is 182 g/mol. The second kappa shape index (κ2) is 7.71. The highest BCUT2D eigenvalue weighted by atomic mass is 16.1. The molecule has 0 fully saturated rings. The SMILES string of the molecule is C/C(C=O)=C\[C@H](C)CCCCC=O. The third kappa shape index (κ3) is 7.44. The summed E-state index contributed by atoms with van der Waals surface area (Å²) in [6.07, 6.45) is 7.54. The van der Waals surface area contributed by atoms with Gasteiger partial charge in [0.2, 0.25) is 0 Å². The Morgan fingerprint density at radius 2 is 2.00 bits per heavy atom. The normalized spacial score (nSPS) is 13.8. The number of allylic oxidation sites excluding steroid dienone is 2. The maximum atomic E-state index is 10.3. The fourth-order valence-corrected chi connectivity index (χ4v) is 1.27. The van der Waals surface area contributed by atoms with Crippen molar-refractivity contribution in [3.8, 4) is 0 Å². The molecule has 74 valence electrons. The first kappa shape index (κ1) is 12.1. The van der Waals surface area contributed by atoms with Crippen LogP contribution in [0.1, 0.15) is 39.5 Å². The van der Waals surface area contributed by atoms with E-state index in [0.29, 0.717) is 12.3 Å². The molecule has 1 atom stereocenters. The van der Waals surface area contributed by atoms with Gasteiger partial charge in [-0.25, -0.2) is 0 Å². The molecular weight excluding hydrogens is 164 g/mol. The van der Waals surface area contributed by atoms with Crippen molar-refractivity contribution in [3.05, 3.63) is 11.6 Å². The molecule has 0 saturated carbocycles. The van der Waals surface area contributed by atoms with Gasteiger partial charge in [0, 0.05) is 6.42 Å². The molecule has 0 aliphatic rings. The number of rotatable bonds is 7. The Labute approximate surface area is 80.0 Å². The minimum absolute atomic E-state index is 0.442. The van der Waals surface area contributed by atoms with Crippen LogP contribution in [0.25, 0.3) is 0 Å². The molecule has 0 saturated heterocycles. The molecule has 0 radical (unpaired) electrons. The topological polar surface area (TPSA) is 34.1 Å². The fourth-order valence-electron chi connectivity index (χ4n) is 1.27. The molecule has 2 heteroatoms. The zero-order chi connectivity index (χ0) is 10.1. The monoisotopic (exact) mass is 182 g/mol. The second-order valence-corrected chi connectivity index (χ2v) is 3.46. The zero-order valence-electron chi connectivity index (χ0n) is 8.45. The molecule has 0 aromatic heterocycles. The Balaban J connectivity index is 3.56. The molecule has 0 unspecified atom stereocenters. The Hall–Kier alpha value is -0.920. The van der Waals surface area contributed by atoms with E-state index in [2.05, 4.69) is 6.92 Å². The van der Waals surface area contributed by atoms with E-state index in [9.17, 15) is 9.59 Å². The van der Waals surface area contributed by atoms with Gasteiger partial charge in [0.15, 0.2) is 0 Å². The van der Waals surface area contributed by atoms with Crippen LogP contribution in [0.3, 0.4) is 0 Å². The first-order valence-corrected chi connectivity index (χ1v) is 4.78. The van der Waals surface area contributed by atoms with E-state index >= 15 is 0 Å². The third-order valence-corrected chi connectivity index (χ3v) is 1.96. The maximum Gasteiger partial charge on any atom is 0.145 e. The first-order valence-electron chi connectivity index (χ1n) is 4.78. The molecule has 0 aliphatic carbocycles. The number of hydrogen-bond acceptors (Lipinski definition) is 2. The summed E-state index contributed by atoms with van der Waals surface area (Å²) < 4.78 is 0. The summed E-state index contributed by atoms with van der Waals surface area (Å²) in [4.78, 5) is 20.3. The largest absolute Gasteiger partial charge is 0.303 e. The third-order valence-electron chi connectivity index (χ3n) is 1.96. The van der Waals surface area contributed by atoms with E-state index < -0.39 is 0 Å². The van der Waals surface area contributed by atoms with E-state index in [1.807, 2.05) is 13.0 Å². The Kier molecular flexibility index (Phi) is 7.17. The van der Waals surface area contributed by atoms with Crippen molar-refractivity contribution in [1.82, 2.24) is 0 Å². The molecule has 0 N–H and O–H groups in total. The molecule has 0 bridgehead atoms. The van der Waals surface area contributed by atoms with Crippen molar-refractivity contribution in [3.63, 3.8) is 0 Å². The van der Waals surface area contributed by atoms with Gasteiger partial charge in [-0.1, -0.05) is 19.4 Å². The van der Waals surface area contributed by atoms with E-state index in [0.717, 1.165) is 37.4 Å². The van der Waals surface area contributed by atoms with Crippen molar-refractivity contribution >= 4 is 12.6 Å². The summed E-state index contributed by atoms with van der Waals surface area (Å²) in [7, 11) is 0. The molecule has 0 spiro atoms. The van der Waals surface area contributed by atoms with Crippen LogP contribution < -0.4 is 0 Å². The summed E-state index contributed by atoms with van der Waals surface area (Å²) in [6, 6.07) is 0. The lowest BCUT2D eigenvalue weighted by Gasteiger charge is -2.04. The maximum absolute atomic E-state index is 10.3. The molecule has 0 aromatic carbocycles. The summed E-state index contributed by atoms with van der Waals surface area (Å²) in [6.45, 7) is 3.91. The lowest BCUT2D eigenvalue weighted by Crippen LogP contribution is -1.92. The molecule has 0 aliphatic heterocycles. The van der Waals surface area contributed by atoms with Crippen LogP contribution in [0.15, 0.2) is 11.6 Å². The van der Waals surface area contributed by atoms with Crippen molar-refractivity contribution < 1.29 is 9.59 Å². The van der Waals surface area contributed by atoms with E-state index in [4.69, 9.17) is 0 Å². The lowest BCUT2D eigenvalue weighted by atomic mass is 10.0. The van der Waals surface area contributed by atoms with Crippen molar-refractivity contribution in [2.75, 3.05) is 0 Å². The van der Waals surface area contributed by atoms with Crippen molar-refractivity contribution in [2.45, 2.75) is 39.5 Å². The summed E-state index contributed by atoms with van der Waals surface area (Å²) in [5.41, 5.74) is 0.794. The van der Waals surface area contributed by atoms with Gasteiger partial charge in [-0.2, -0.15) is 0 Å². The minimum Gasteiger partial charge on any atom is -0.303 e. The highest BCUT2D eigenvalue weighted by Crippen LogP contribution is 2.11. The summed E-state index contributed by atoms with van der Waals surface area (Å²) in [5.74, 6) is 0.442. The van der Waals surface area contributed by atoms with E-state index in [1.165, 1.54) is 0 Å².